The number of ether oxygens (including phenoxy) is 2. The summed E-state index contributed by atoms with van der Waals surface area (Å²) in [5.74, 6) is -1.89. The Hall–Kier alpha value is -3.22. The maximum atomic E-state index is 12.0. The van der Waals surface area contributed by atoms with Gasteiger partial charge in [-0.2, -0.15) is 0 Å². The minimum absolute atomic E-state index is 0.101. The minimum atomic E-state index is -0.867. The van der Waals surface area contributed by atoms with Crippen molar-refractivity contribution in [3.8, 4) is 0 Å². The molecule has 0 saturated carbocycles. The monoisotopic (exact) mass is 342 g/mol. The number of benzene rings is 1. The molecule has 2 rings (SSSR count). The Morgan fingerprint density at radius 2 is 1.80 bits per heavy atom. The molecular formula is C18H18N2O5. The molecule has 130 valence electrons. The van der Waals surface area contributed by atoms with Crippen LogP contribution in [0.2, 0.25) is 0 Å². The molecule has 0 aliphatic rings. The number of carbonyl (C=O) groups is 3. The number of nitrogens with zero attached hydrogens (tertiary/aromatic N) is 1. The van der Waals surface area contributed by atoms with Gasteiger partial charge >= 0.3 is 11.9 Å². The van der Waals surface area contributed by atoms with Crippen LogP contribution in [0, 0.1) is 0 Å². The second-order valence-electron chi connectivity index (χ2n) is 5.12. The highest BCUT2D eigenvalue weighted by molar-refractivity contribution is 5.90. The quantitative estimate of drug-likeness (QED) is 0.758. The smallest absolute Gasteiger partial charge is 0.357 e. The molecule has 1 N–H and O–H groups in total. The lowest BCUT2D eigenvalue weighted by Gasteiger charge is -2.16. The van der Waals surface area contributed by atoms with E-state index in [1.165, 1.54) is 19.4 Å². The lowest BCUT2D eigenvalue weighted by molar-refractivity contribution is -0.145. The van der Waals surface area contributed by atoms with E-state index in [2.05, 4.69) is 10.3 Å². The summed E-state index contributed by atoms with van der Waals surface area (Å²) < 4.78 is 9.60. The number of amides is 1. The van der Waals surface area contributed by atoms with E-state index >= 15 is 0 Å². The van der Waals surface area contributed by atoms with Gasteiger partial charge in [0.25, 0.3) is 5.91 Å². The molecule has 1 atom stereocenters. The molecular weight excluding hydrogens is 324 g/mol. The summed E-state index contributed by atoms with van der Waals surface area (Å²) in [6.45, 7) is -0.516. The normalized spacial score (nSPS) is 11.2. The van der Waals surface area contributed by atoms with Crippen LogP contribution >= 0.6 is 0 Å². The predicted octanol–water partition coefficient (Wildman–Crippen LogP) is 1.14. The number of esters is 2. The predicted molar refractivity (Wildman–Crippen MR) is 88.6 cm³/mol. The van der Waals surface area contributed by atoms with Crippen molar-refractivity contribution in [2.45, 2.75) is 12.5 Å². The van der Waals surface area contributed by atoms with Crippen LogP contribution in [0.15, 0.2) is 54.7 Å². The van der Waals surface area contributed by atoms with E-state index in [0.717, 1.165) is 5.56 Å². The lowest BCUT2D eigenvalue weighted by atomic mass is 10.1. The molecule has 0 unspecified atom stereocenters. The fourth-order valence-electron chi connectivity index (χ4n) is 2.11. The highest BCUT2D eigenvalue weighted by Gasteiger charge is 2.22. The van der Waals surface area contributed by atoms with Crippen molar-refractivity contribution < 1.29 is 23.9 Å². The van der Waals surface area contributed by atoms with E-state index in [-0.39, 0.29) is 12.1 Å². The van der Waals surface area contributed by atoms with Crippen LogP contribution in [0.3, 0.4) is 0 Å². The highest BCUT2D eigenvalue weighted by atomic mass is 16.5. The topological polar surface area (TPSA) is 94.6 Å². The van der Waals surface area contributed by atoms with Gasteiger partial charge in [0.2, 0.25) is 0 Å². The van der Waals surface area contributed by atoms with Gasteiger partial charge in [-0.05, 0) is 17.7 Å². The van der Waals surface area contributed by atoms with Crippen molar-refractivity contribution in [3.05, 3.63) is 66.0 Å². The van der Waals surface area contributed by atoms with Crippen molar-refractivity contribution in [2.75, 3.05) is 13.7 Å². The summed E-state index contributed by atoms with van der Waals surface area (Å²) in [7, 11) is 1.24. The van der Waals surface area contributed by atoms with Crippen LogP contribution < -0.4 is 5.32 Å². The third-order valence-electron chi connectivity index (χ3n) is 3.31. The summed E-state index contributed by atoms with van der Waals surface area (Å²) in [6.07, 6.45) is 1.72. The second kappa shape index (κ2) is 9.17. The standard InChI is InChI=1S/C18H18N2O5/c1-24-17(22)15(11-13-7-3-2-4-8-13)20-16(21)12-25-18(23)14-9-5-6-10-19-14/h2-10,15H,11-12H2,1H3,(H,20,21)/t15-/m0/s1. The summed E-state index contributed by atoms with van der Waals surface area (Å²) in [6, 6.07) is 13.1. The molecule has 1 aromatic heterocycles. The Morgan fingerprint density at radius 1 is 1.08 bits per heavy atom. The van der Waals surface area contributed by atoms with Gasteiger partial charge < -0.3 is 14.8 Å². The largest absolute Gasteiger partial charge is 0.467 e. The Kier molecular flexibility index (Phi) is 6.65. The number of pyridine rings is 1. The molecule has 2 aromatic rings. The second-order valence-corrected chi connectivity index (χ2v) is 5.12. The maximum absolute atomic E-state index is 12.0. The summed E-state index contributed by atoms with van der Waals surface area (Å²) >= 11 is 0. The van der Waals surface area contributed by atoms with Gasteiger partial charge in [0.1, 0.15) is 11.7 Å². The third kappa shape index (κ3) is 5.72. The van der Waals surface area contributed by atoms with Gasteiger partial charge in [-0.25, -0.2) is 14.6 Å². The van der Waals surface area contributed by atoms with Crippen molar-refractivity contribution in [1.29, 1.82) is 0 Å². The Bertz CT molecular complexity index is 719. The Morgan fingerprint density at radius 3 is 2.44 bits per heavy atom. The first-order chi connectivity index (χ1) is 12.1. The number of hydrogen-bond acceptors (Lipinski definition) is 6. The zero-order valence-electron chi connectivity index (χ0n) is 13.7. The van der Waals surface area contributed by atoms with Crippen LogP contribution in [0.25, 0.3) is 0 Å². The molecule has 0 aliphatic carbocycles. The molecule has 0 saturated heterocycles. The number of aromatic nitrogens is 1. The van der Waals surface area contributed by atoms with Crippen LogP contribution in [-0.2, 0) is 25.5 Å². The zero-order valence-corrected chi connectivity index (χ0v) is 13.7. The first-order valence-electron chi connectivity index (χ1n) is 7.59. The molecule has 0 spiro atoms. The molecule has 1 aromatic carbocycles. The van der Waals surface area contributed by atoms with Crippen LogP contribution in [0.5, 0.6) is 0 Å². The first-order valence-corrected chi connectivity index (χ1v) is 7.59. The molecule has 0 radical (unpaired) electrons. The average molecular weight is 342 g/mol. The van der Waals surface area contributed by atoms with E-state index in [0.29, 0.717) is 0 Å². The maximum Gasteiger partial charge on any atom is 0.357 e. The van der Waals surface area contributed by atoms with E-state index in [9.17, 15) is 14.4 Å². The van der Waals surface area contributed by atoms with Crippen LogP contribution in [0.1, 0.15) is 16.1 Å². The Labute approximate surface area is 145 Å². The average Bonchev–Trinajstić information content (AvgIpc) is 2.66. The molecule has 7 heteroatoms. The lowest BCUT2D eigenvalue weighted by Crippen LogP contribution is -2.44. The fraction of sp³-hybridized carbons (Fsp3) is 0.222. The number of methoxy groups -OCH3 is 1. The van der Waals surface area contributed by atoms with Crippen molar-refractivity contribution in [3.63, 3.8) is 0 Å². The summed E-state index contributed by atoms with van der Waals surface area (Å²) in [5, 5.41) is 2.51. The van der Waals surface area contributed by atoms with Gasteiger partial charge in [-0.1, -0.05) is 36.4 Å². The van der Waals surface area contributed by atoms with Crippen LogP contribution in [-0.4, -0.2) is 42.6 Å². The van der Waals surface area contributed by atoms with Crippen molar-refractivity contribution in [2.24, 2.45) is 0 Å². The minimum Gasteiger partial charge on any atom is -0.467 e. The third-order valence-corrected chi connectivity index (χ3v) is 3.31. The molecule has 1 amide bonds. The molecule has 0 aliphatic heterocycles. The van der Waals surface area contributed by atoms with E-state index < -0.39 is 30.5 Å². The van der Waals surface area contributed by atoms with Gasteiger partial charge in [0.15, 0.2) is 6.61 Å². The number of hydrogen-bond donors (Lipinski definition) is 1. The van der Waals surface area contributed by atoms with Gasteiger partial charge in [-0.15, -0.1) is 0 Å². The molecule has 1 heterocycles. The molecule has 0 bridgehead atoms. The first kappa shape index (κ1) is 18.1. The van der Waals surface area contributed by atoms with E-state index in [4.69, 9.17) is 9.47 Å². The number of nitrogens with one attached hydrogen (secondary N) is 1. The van der Waals surface area contributed by atoms with E-state index in [1.54, 1.807) is 12.1 Å². The van der Waals surface area contributed by atoms with Crippen molar-refractivity contribution in [1.82, 2.24) is 10.3 Å². The Balaban J connectivity index is 1.90. The van der Waals surface area contributed by atoms with Crippen LogP contribution in [0.4, 0.5) is 0 Å². The summed E-state index contributed by atoms with van der Waals surface area (Å²) in [4.78, 5) is 39.4. The van der Waals surface area contributed by atoms with Gasteiger partial charge in [-0.3, -0.25) is 4.79 Å². The number of carbonyl (C=O) groups excluding carboxylic acids is 3. The van der Waals surface area contributed by atoms with Gasteiger partial charge in [0, 0.05) is 12.6 Å². The number of rotatable bonds is 7. The molecule has 25 heavy (non-hydrogen) atoms. The molecule has 7 nitrogen and oxygen atoms in total. The fourth-order valence-corrected chi connectivity index (χ4v) is 2.11. The highest BCUT2D eigenvalue weighted by Crippen LogP contribution is 2.05. The summed E-state index contributed by atoms with van der Waals surface area (Å²) in [5.41, 5.74) is 0.966. The SMILES string of the molecule is COC(=O)[C@H](Cc1ccccc1)NC(=O)COC(=O)c1ccccn1. The van der Waals surface area contributed by atoms with E-state index in [1.807, 2.05) is 30.3 Å². The molecule has 0 fully saturated rings. The zero-order chi connectivity index (χ0) is 18.1. The van der Waals surface area contributed by atoms with Crippen molar-refractivity contribution >= 4 is 17.8 Å². The van der Waals surface area contributed by atoms with Gasteiger partial charge in [0.05, 0.1) is 7.11 Å².